The lowest BCUT2D eigenvalue weighted by Crippen LogP contribution is -2.59. The highest BCUT2D eigenvalue weighted by Crippen LogP contribution is 2.24. The Hall–Kier alpha value is -1.45. The summed E-state index contributed by atoms with van der Waals surface area (Å²) >= 11 is 0. The highest BCUT2D eigenvalue weighted by Gasteiger charge is 2.39. The van der Waals surface area contributed by atoms with Crippen molar-refractivity contribution in [1.29, 1.82) is 0 Å². The van der Waals surface area contributed by atoms with E-state index in [0.29, 0.717) is 0 Å². The summed E-state index contributed by atoms with van der Waals surface area (Å²) in [5, 5.41) is 8.83. The Bertz CT molecular complexity index is 605. The quantitative estimate of drug-likeness (QED) is 0.721. The molecule has 0 radical (unpaired) electrons. The summed E-state index contributed by atoms with van der Waals surface area (Å²) in [7, 11) is -4.00. The number of hydrogen-bond acceptors (Lipinski definition) is 4. The van der Waals surface area contributed by atoms with Gasteiger partial charge in [0.2, 0.25) is 10.0 Å². The van der Waals surface area contributed by atoms with E-state index in [1.54, 1.807) is 6.92 Å². The molecular formula is C10H13FN2O5S. The molecule has 19 heavy (non-hydrogen) atoms. The molecule has 0 aromatic carbocycles. The molecule has 9 heteroatoms. The molecule has 106 valence electrons. The summed E-state index contributed by atoms with van der Waals surface area (Å²) < 4.78 is 44.4. The van der Waals surface area contributed by atoms with Crippen LogP contribution in [-0.4, -0.2) is 43.2 Å². The number of aromatic nitrogens is 1. The van der Waals surface area contributed by atoms with Crippen LogP contribution < -0.4 is 4.72 Å². The van der Waals surface area contributed by atoms with Crippen LogP contribution in [0.1, 0.15) is 23.0 Å². The topological polar surface area (TPSA) is 108 Å². The normalized spacial score (nSPS) is 18.0. The van der Waals surface area contributed by atoms with Gasteiger partial charge < -0.3 is 14.8 Å². The first-order valence-corrected chi connectivity index (χ1v) is 6.89. The van der Waals surface area contributed by atoms with Crippen LogP contribution >= 0.6 is 0 Å². The van der Waals surface area contributed by atoms with Gasteiger partial charge in [-0.05, 0) is 6.92 Å². The molecule has 0 aliphatic carbocycles. The second-order valence-corrected chi connectivity index (χ2v) is 6.26. The zero-order chi connectivity index (χ0) is 14.3. The number of carboxylic acid groups (broad SMARTS) is 1. The van der Waals surface area contributed by atoms with Crippen molar-refractivity contribution in [2.45, 2.75) is 24.0 Å². The Balaban J connectivity index is 2.38. The number of sulfonamides is 1. The van der Waals surface area contributed by atoms with Gasteiger partial charge in [-0.1, -0.05) is 0 Å². The van der Waals surface area contributed by atoms with Gasteiger partial charge in [0.1, 0.15) is 17.3 Å². The Morgan fingerprint density at radius 1 is 1.63 bits per heavy atom. The lowest BCUT2D eigenvalue weighted by Gasteiger charge is -2.38. The number of ether oxygens (including phenoxy) is 1. The van der Waals surface area contributed by atoms with E-state index >= 15 is 0 Å². The fraction of sp³-hybridized carbons (Fsp3) is 0.500. The number of alkyl halides is 1. The Morgan fingerprint density at radius 2 is 2.26 bits per heavy atom. The van der Waals surface area contributed by atoms with E-state index in [-0.39, 0.29) is 23.7 Å². The lowest BCUT2D eigenvalue weighted by atomic mass is 10.0. The van der Waals surface area contributed by atoms with Crippen molar-refractivity contribution in [3.8, 4) is 0 Å². The van der Waals surface area contributed by atoms with E-state index in [0.717, 1.165) is 6.20 Å². The van der Waals surface area contributed by atoms with E-state index in [1.165, 1.54) is 0 Å². The van der Waals surface area contributed by atoms with Gasteiger partial charge >= 0.3 is 5.97 Å². The molecule has 1 fully saturated rings. The molecular weight excluding hydrogens is 279 g/mol. The SMILES string of the molecule is CC1(NS(=O)(=O)c2c[nH]c(C(=O)O)c2CF)COC1. The zero-order valence-corrected chi connectivity index (χ0v) is 10.9. The molecule has 1 aromatic heterocycles. The van der Waals surface area contributed by atoms with Gasteiger partial charge in [0, 0.05) is 11.8 Å². The highest BCUT2D eigenvalue weighted by molar-refractivity contribution is 7.89. The van der Waals surface area contributed by atoms with Gasteiger partial charge in [0.25, 0.3) is 0 Å². The Kier molecular flexibility index (Phi) is 3.37. The van der Waals surface area contributed by atoms with E-state index < -0.39 is 33.9 Å². The van der Waals surface area contributed by atoms with Gasteiger partial charge in [-0.25, -0.2) is 22.3 Å². The minimum atomic E-state index is -4.00. The third kappa shape index (κ3) is 2.48. The fourth-order valence-electron chi connectivity index (χ4n) is 1.84. The van der Waals surface area contributed by atoms with Crippen LogP contribution in [0.2, 0.25) is 0 Å². The number of carboxylic acids is 1. The van der Waals surface area contributed by atoms with Crippen molar-refractivity contribution in [3.05, 3.63) is 17.5 Å². The zero-order valence-electron chi connectivity index (χ0n) is 10.1. The van der Waals surface area contributed by atoms with E-state index in [4.69, 9.17) is 9.84 Å². The van der Waals surface area contributed by atoms with Crippen molar-refractivity contribution >= 4 is 16.0 Å². The van der Waals surface area contributed by atoms with Crippen LogP contribution in [-0.2, 0) is 21.4 Å². The van der Waals surface area contributed by atoms with Crippen molar-refractivity contribution in [1.82, 2.24) is 9.71 Å². The predicted molar refractivity (Wildman–Crippen MR) is 62.1 cm³/mol. The van der Waals surface area contributed by atoms with Crippen molar-refractivity contribution < 1.29 is 27.4 Å². The molecule has 0 atom stereocenters. The average Bonchev–Trinajstić information content (AvgIpc) is 2.70. The average molecular weight is 292 g/mol. The first-order valence-electron chi connectivity index (χ1n) is 5.40. The number of rotatable bonds is 5. The first-order chi connectivity index (χ1) is 8.79. The third-order valence-corrected chi connectivity index (χ3v) is 4.51. The standard InChI is InChI=1S/C10H13FN2O5S/c1-10(4-18-5-10)13-19(16,17)7-3-12-8(9(14)15)6(7)2-11/h3,12-13H,2,4-5H2,1H3,(H,14,15). The minimum absolute atomic E-state index is 0.216. The maximum atomic E-state index is 12.9. The minimum Gasteiger partial charge on any atom is -0.477 e. The molecule has 2 heterocycles. The van der Waals surface area contributed by atoms with Crippen molar-refractivity contribution in [2.24, 2.45) is 0 Å². The van der Waals surface area contributed by atoms with Crippen LogP contribution in [0.15, 0.2) is 11.1 Å². The number of nitrogens with one attached hydrogen (secondary N) is 2. The molecule has 3 N–H and O–H groups in total. The summed E-state index contributed by atoms with van der Waals surface area (Å²) in [6, 6.07) is 0. The summed E-state index contributed by atoms with van der Waals surface area (Å²) in [5.74, 6) is -1.41. The number of halogens is 1. The maximum absolute atomic E-state index is 12.9. The molecule has 2 rings (SSSR count). The molecule has 7 nitrogen and oxygen atoms in total. The fourth-order valence-corrected chi connectivity index (χ4v) is 3.42. The highest BCUT2D eigenvalue weighted by atomic mass is 32.2. The molecule has 0 spiro atoms. The van der Waals surface area contributed by atoms with Crippen LogP contribution in [0, 0.1) is 0 Å². The van der Waals surface area contributed by atoms with Crippen LogP contribution in [0.4, 0.5) is 4.39 Å². The van der Waals surface area contributed by atoms with Gasteiger partial charge in [-0.15, -0.1) is 0 Å². The smallest absolute Gasteiger partial charge is 0.352 e. The molecule has 0 saturated carbocycles. The summed E-state index contributed by atoms with van der Waals surface area (Å²) in [6.07, 6.45) is 0.976. The number of aromatic amines is 1. The van der Waals surface area contributed by atoms with Gasteiger partial charge in [0.05, 0.1) is 18.8 Å². The predicted octanol–water partition coefficient (Wildman–Crippen LogP) is 0.250. The molecule has 1 aliphatic heterocycles. The van der Waals surface area contributed by atoms with Crippen LogP contribution in [0.3, 0.4) is 0 Å². The summed E-state index contributed by atoms with van der Waals surface area (Å²) in [6.45, 7) is 0.892. The number of H-pyrrole nitrogens is 1. The maximum Gasteiger partial charge on any atom is 0.352 e. The summed E-state index contributed by atoms with van der Waals surface area (Å²) in [5.41, 5.74) is -1.59. The first kappa shape index (κ1) is 14.0. The largest absolute Gasteiger partial charge is 0.477 e. The van der Waals surface area contributed by atoms with Crippen molar-refractivity contribution in [3.63, 3.8) is 0 Å². The second-order valence-electron chi connectivity index (χ2n) is 4.60. The van der Waals surface area contributed by atoms with Gasteiger partial charge in [-0.2, -0.15) is 0 Å². The molecule has 0 amide bonds. The molecule has 0 bridgehead atoms. The third-order valence-electron chi connectivity index (χ3n) is 2.81. The van der Waals surface area contributed by atoms with E-state index in [9.17, 15) is 17.6 Å². The van der Waals surface area contributed by atoms with Crippen molar-refractivity contribution in [2.75, 3.05) is 13.2 Å². The molecule has 1 aromatic rings. The summed E-state index contributed by atoms with van der Waals surface area (Å²) in [4.78, 5) is 12.7. The van der Waals surface area contributed by atoms with Gasteiger partial charge in [0.15, 0.2) is 0 Å². The number of carbonyl (C=O) groups is 1. The Morgan fingerprint density at radius 3 is 2.68 bits per heavy atom. The van der Waals surface area contributed by atoms with E-state index in [1.807, 2.05) is 0 Å². The Labute approximate surface area is 108 Å². The number of hydrogen-bond donors (Lipinski definition) is 3. The number of aromatic carboxylic acids is 1. The lowest BCUT2D eigenvalue weighted by molar-refractivity contribution is -0.0523. The van der Waals surface area contributed by atoms with Crippen LogP contribution in [0.5, 0.6) is 0 Å². The molecule has 1 aliphatic rings. The van der Waals surface area contributed by atoms with Crippen LogP contribution in [0.25, 0.3) is 0 Å². The van der Waals surface area contributed by atoms with Gasteiger partial charge in [-0.3, -0.25) is 0 Å². The molecule has 1 saturated heterocycles. The monoisotopic (exact) mass is 292 g/mol. The van der Waals surface area contributed by atoms with E-state index in [2.05, 4.69) is 9.71 Å². The second kappa shape index (κ2) is 4.58. The molecule has 0 unspecified atom stereocenters.